The first-order chi connectivity index (χ1) is 7.62. The summed E-state index contributed by atoms with van der Waals surface area (Å²) in [6.07, 6.45) is 2.03. The fourth-order valence-electron chi connectivity index (χ4n) is 2.20. The minimum absolute atomic E-state index is 0.219. The van der Waals surface area contributed by atoms with Crippen molar-refractivity contribution in [1.29, 1.82) is 0 Å². The van der Waals surface area contributed by atoms with Gasteiger partial charge in [0.2, 0.25) is 0 Å². The molecule has 1 heterocycles. The van der Waals surface area contributed by atoms with E-state index in [4.69, 9.17) is 11.6 Å². The zero-order valence-corrected chi connectivity index (χ0v) is 10.2. The van der Waals surface area contributed by atoms with Crippen molar-refractivity contribution in [3.63, 3.8) is 0 Å². The second-order valence-corrected chi connectivity index (χ2v) is 5.11. The van der Waals surface area contributed by atoms with Crippen LogP contribution in [-0.4, -0.2) is 18.9 Å². The van der Waals surface area contributed by atoms with Gasteiger partial charge in [0, 0.05) is 22.5 Å². The summed E-state index contributed by atoms with van der Waals surface area (Å²) in [6, 6.07) is 7.16. The van der Waals surface area contributed by atoms with Crippen molar-refractivity contribution >= 4 is 17.4 Å². The number of piperidine rings is 1. The molecule has 1 saturated heterocycles. The third kappa shape index (κ3) is 2.28. The van der Waals surface area contributed by atoms with E-state index in [0.29, 0.717) is 5.02 Å². The SMILES string of the molecule is CC1(C(=O)c2ccc(Cl)cc2)CCCNC1. The number of carbonyl (C=O) groups excluding carboxylic acids is 1. The van der Waals surface area contributed by atoms with Crippen LogP contribution in [0.4, 0.5) is 0 Å². The van der Waals surface area contributed by atoms with Gasteiger partial charge in [-0.1, -0.05) is 18.5 Å². The van der Waals surface area contributed by atoms with Gasteiger partial charge in [-0.2, -0.15) is 0 Å². The molecule has 16 heavy (non-hydrogen) atoms. The third-order valence-corrected chi connectivity index (χ3v) is 3.50. The van der Waals surface area contributed by atoms with E-state index < -0.39 is 0 Å². The number of ketones is 1. The summed E-state index contributed by atoms with van der Waals surface area (Å²) in [6.45, 7) is 3.83. The lowest BCUT2D eigenvalue weighted by Gasteiger charge is -2.32. The summed E-state index contributed by atoms with van der Waals surface area (Å²) in [4.78, 5) is 12.3. The van der Waals surface area contributed by atoms with Crippen LogP contribution in [0.1, 0.15) is 30.1 Å². The van der Waals surface area contributed by atoms with Crippen molar-refractivity contribution in [3.05, 3.63) is 34.9 Å². The molecule has 1 aromatic carbocycles. The van der Waals surface area contributed by atoms with E-state index in [1.54, 1.807) is 12.1 Å². The van der Waals surface area contributed by atoms with Crippen LogP contribution in [-0.2, 0) is 0 Å². The molecule has 86 valence electrons. The van der Waals surface area contributed by atoms with Gasteiger partial charge in [-0.15, -0.1) is 0 Å². The molecule has 1 N–H and O–H groups in total. The molecule has 0 radical (unpaired) electrons. The summed E-state index contributed by atoms with van der Waals surface area (Å²) >= 11 is 5.81. The van der Waals surface area contributed by atoms with E-state index in [-0.39, 0.29) is 11.2 Å². The molecule has 1 aliphatic heterocycles. The van der Waals surface area contributed by atoms with Gasteiger partial charge in [-0.05, 0) is 43.7 Å². The maximum atomic E-state index is 12.3. The molecule has 0 saturated carbocycles. The Balaban J connectivity index is 2.20. The van der Waals surface area contributed by atoms with Gasteiger partial charge in [-0.25, -0.2) is 0 Å². The van der Waals surface area contributed by atoms with Crippen molar-refractivity contribution in [3.8, 4) is 0 Å². The Hall–Kier alpha value is -0.860. The van der Waals surface area contributed by atoms with Gasteiger partial charge in [0.05, 0.1) is 0 Å². The molecule has 1 unspecified atom stereocenters. The number of carbonyl (C=O) groups is 1. The van der Waals surface area contributed by atoms with Gasteiger partial charge in [0.15, 0.2) is 5.78 Å². The first-order valence-electron chi connectivity index (χ1n) is 5.63. The van der Waals surface area contributed by atoms with Crippen LogP contribution in [0.25, 0.3) is 0 Å². The average molecular weight is 238 g/mol. The van der Waals surface area contributed by atoms with Gasteiger partial charge in [0.1, 0.15) is 0 Å². The Kier molecular flexibility index (Phi) is 3.31. The zero-order chi connectivity index (χ0) is 11.6. The number of nitrogens with one attached hydrogen (secondary N) is 1. The zero-order valence-electron chi connectivity index (χ0n) is 9.42. The Bertz CT molecular complexity index is 379. The number of Topliss-reactive ketones (excluding diaryl/α,β-unsaturated/α-hetero) is 1. The highest BCUT2D eigenvalue weighted by atomic mass is 35.5. The van der Waals surface area contributed by atoms with Crippen LogP contribution < -0.4 is 5.32 Å². The Morgan fingerprint density at radius 1 is 1.38 bits per heavy atom. The van der Waals surface area contributed by atoms with Gasteiger partial charge >= 0.3 is 0 Å². The summed E-state index contributed by atoms with van der Waals surface area (Å²) in [5, 5.41) is 3.96. The average Bonchev–Trinajstić information content (AvgIpc) is 2.30. The smallest absolute Gasteiger partial charge is 0.169 e. The fourth-order valence-corrected chi connectivity index (χ4v) is 2.33. The number of hydrogen-bond acceptors (Lipinski definition) is 2. The minimum atomic E-state index is -0.258. The molecule has 2 nitrogen and oxygen atoms in total. The van der Waals surface area contributed by atoms with E-state index in [2.05, 4.69) is 5.32 Å². The largest absolute Gasteiger partial charge is 0.316 e. The van der Waals surface area contributed by atoms with Crippen molar-refractivity contribution in [1.82, 2.24) is 5.32 Å². The summed E-state index contributed by atoms with van der Waals surface area (Å²) < 4.78 is 0. The summed E-state index contributed by atoms with van der Waals surface area (Å²) in [7, 11) is 0. The lowest BCUT2D eigenvalue weighted by Crippen LogP contribution is -2.43. The molecular formula is C13H16ClNO. The first-order valence-corrected chi connectivity index (χ1v) is 6.01. The first kappa shape index (κ1) is 11.6. The summed E-state index contributed by atoms with van der Waals surface area (Å²) in [5.74, 6) is 0.219. The van der Waals surface area contributed by atoms with E-state index in [9.17, 15) is 4.79 Å². The molecule has 1 aliphatic rings. The highest BCUT2D eigenvalue weighted by Crippen LogP contribution is 2.30. The minimum Gasteiger partial charge on any atom is -0.316 e. The highest BCUT2D eigenvalue weighted by Gasteiger charge is 2.34. The number of rotatable bonds is 2. The second kappa shape index (κ2) is 4.56. The second-order valence-electron chi connectivity index (χ2n) is 4.68. The normalized spacial score (nSPS) is 25.4. The van der Waals surface area contributed by atoms with E-state index in [1.807, 2.05) is 19.1 Å². The fraction of sp³-hybridized carbons (Fsp3) is 0.462. The van der Waals surface area contributed by atoms with Crippen LogP contribution in [0.5, 0.6) is 0 Å². The lowest BCUT2D eigenvalue weighted by atomic mass is 9.76. The highest BCUT2D eigenvalue weighted by molar-refractivity contribution is 6.30. The standard InChI is InChI=1S/C13H16ClNO/c1-13(7-2-8-15-9-13)12(16)10-3-5-11(14)6-4-10/h3-6,15H,2,7-9H2,1H3. The molecular weight excluding hydrogens is 222 g/mol. The van der Waals surface area contributed by atoms with Gasteiger partial charge in [-0.3, -0.25) is 4.79 Å². The Labute approximate surface area is 101 Å². The van der Waals surface area contributed by atoms with Crippen LogP contribution >= 0.6 is 11.6 Å². The van der Waals surface area contributed by atoms with Gasteiger partial charge < -0.3 is 5.32 Å². The van der Waals surface area contributed by atoms with Crippen LogP contribution in [0.15, 0.2) is 24.3 Å². The molecule has 3 heteroatoms. The topological polar surface area (TPSA) is 29.1 Å². The molecule has 0 amide bonds. The molecule has 0 bridgehead atoms. The van der Waals surface area contributed by atoms with Crippen molar-refractivity contribution in [2.75, 3.05) is 13.1 Å². The molecule has 1 atom stereocenters. The van der Waals surface area contributed by atoms with E-state index in [0.717, 1.165) is 31.5 Å². The monoisotopic (exact) mass is 237 g/mol. The van der Waals surface area contributed by atoms with Crippen LogP contribution in [0, 0.1) is 5.41 Å². The maximum Gasteiger partial charge on any atom is 0.169 e. The quantitative estimate of drug-likeness (QED) is 0.802. The van der Waals surface area contributed by atoms with Gasteiger partial charge in [0.25, 0.3) is 0 Å². The van der Waals surface area contributed by atoms with Crippen LogP contribution in [0.2, 0.25) is 5.02 Å². The molecule has 1 fully saturated rings. The molecule has 0 spiro atoms. The predicted molar refractivity (Wildman–Crippen MR) is 66.0 cm³/mol. The Morgan fingerprint density at radius 2 is 2.06 bits per heavy atom. The molecule has 0 aliphatic carbocycles. The maximum absolute atomic E-state index is 12.3. The van der Waals surface area contributed by atoms with Crippen molar-refractivity contribution in [2.24, 2.45) is 5.41 Å². The van der Waals surface area contributed by atoms with Crippen LogP contribution in [0.3, 0.4) is 0 Å². The number of benzene rings is 1. The molecule has 1 aromatic rings. The Morgan fingerprint density at radius 3 is 2.62 bits per heavy atom. The summed E-state index contributed by atoms with van der Waals surface area (Å²) in [5.41, 5.74) is 0.502. The van der Waals surface area contributed by atoms with E-state index in [1.165, 1.54) is 0 Å². The number of hydrogen-bond donors (Lipinski definition) is 1. The number of halogens is 1. The van der Waals surface area contributed by atoms with E-state index >= 15 is 0 Å². The lowest BCUT2D eigenvalue weighted by molar-refractivity contribution is 0.0773. The molecule has 2 rings (SSSR count). The predicted octanol–water partition coefficient (Wildman–Crippen LogP) is 2.91. The van der Waals surface area contributed by atoms with Crippen molar-refractivity contribution < 1.29 is 4.79 Å². The third-order valence-electron chi connectivity index (χ3n) is 3.25. The molecule has 0 aromatic heterocycles. The van der Waals surface area contributed by atoms with Crippen molar-refractivity contribution in [2.45, 2.75) is 19.8 Å².